The van der Waals surface area contributed by atoms with E-state index >= 15 is 0 Å². The Bertz CT molecular complexity index is 617. The van der Waals surface area contributed by atoms with Crippen LogP contribution in [0.1, 0.15) is 31.2 Å². The van der Waals surface area contributed by atoms with Gasteiger partial charge in [-0.05, 0) is 43.0 Å². The van der Waals surface area contributed by atoms with E-state index in [2.05, 4.69) is 33.7 Å². The highest BCUT2D eigenvalue weighted by molar-refractivity contribution is 7.99. The fraction of sp³-hybridized carbons (Fsp3) is 0.650. The first kappa shape index (κ1) is 17.4. The highest BCUT2D eigenvalue weighted by atomic mass is 32.2. The summed E-state index contributed by atoms with van der Waals surface area (Å²) in [6.07, 6.45) is 4.67. The van der Waals surface area contributed by atoms with Crippen LogP contribution in [-0.2, 0) is 11.3 Å². The van der Waals surface area contributed by atoms with Crippen LogP contribution in [0.15, 0.2) is 24.3 Å². The van der Waals surface area contributed by atoms with Crippen LogP contribution in [0.25, 0.3) is 0 Å². The molecular formula is C20H29N3OS. The first-order chi connectivity index (χ1) is 12.3. The number of anilines is 1. The number of fused-ring (bicyclic) bond motifs is 1. The normalized spacial score (nSPS) is 30.0. The van der Waals surface area contributed by atoms with Crippen molar-refractivity contribution in [2.75, 3.05) is 43.0 Å². The third-order valence-electron chi connectivity index (χ3n) is 6.19. The molecule has 1 amide bonds. The van der Waals surface area contributed by atoms with Crippen LogP contribution in [0, 0.1) is 11.3 Å². The van der Waals surface area contributed by atoms with Gasteiger partial charge in [-0.2, -0.15) is 11.8 Å². The molecule has 0 unspecified atom stereocenters. The van der Waals surface area contributed by atoms with Crippen LogP contribution in [-0.4, -0.2) is 48.5 Å². The number of amides is 1. The summed E-state index contributed by atoms with van der Waals surface area (Å²) in [5.41, 5.74) is 2.07. The first-order valence-electron chi connectivity index (χ1n) is 9.67. The SMILES string of the molecule is O=C(Nc1cccc(CN2CCSCC2)c1)[C@@]12CCCC[C@H]1CNC2. The van der Waals surface area contributed by atoms with Crippen LogP contribution in [0.4, 0.5) is 5.69 Å². The molecule has 25 heavy (non-hydrogen) atoms. The summed E-state index contributed by atoms with van der Waals surface area (Å²) < 4.78 is 0. The number of nitrogens with zero attached hydrogens (tertiary/aromatic N) is 1. The Morgan fingerprint density at radius 1 is 1.32 bits per heavy atom. The van der Waals surface area contributed by atoms with Gasteiger partial charge in [-0.25, -0.2) is 0 Å². The van der Waals surface area contributed by atoms with E-state index in [0.717, 1.165) is 44.8 Å². The van der Waals surface area contributed by atoms with Gasteiger partial charge in [0.25, 0.3) is 0 Å². The number of carbonyl (C=O) groups is 1. The average Bonchev–Trinajstić information content (AvgIpc) is 3.08. The molecule has 5 heteroatoms. The molecule has 4 rings (SSSR count). The Morgan fingerprint density at radius 2 is 2.20 bits per heavy atom. The van der Waals surface area contributed by atoms with E-state index in [0.29, 0.717) is 5.92 Å². The zero-order chi connectivity index (χ0) is 17.1. The van der Waals surface area contributed by atoms with Gasteiger partial charge in [0, 0.05) is 43.4 Å². The van der Waals surface area contributed by atoms with E-state index in [-0.39, 0.29) is 11.3 Å². The zero-order valence-electron chi connectivity index (χ0n) is 14.9. The van der Waals surface area contributed by atoms with Gasteiger partial charge in [-0.1, -0.05) is 25.0 Å². The Hall–Kier alpha value is -1.04. The maximum atomic E-state index is 13.1. The van der Waals surface area contributed by atoms with Gasteiger partial charge in [0.05, 0.1) is 5.41 Å². The molecule has 4 nitrogen and oxygen atoms in total. The van der Waals surface area contributed by atoms with Crippen molar-refractivity contribution in [3.8, 4) is 0 Å². The van der Waals surface area contributed by atoms with Crippen molar-refractivity contribution in [1.82, 2.24) is 10.2 Å². The Balaban J connectivity index is 1.43. The number of rotatable bonds is 4. The van der Waals surface area contributed by atoms with Gasteiger partial charge in [0.2, 0.25) is 5.91 Å². The second-order valence-corrected chi connectivity index (χ2v) is 9.00. The predicted octanol–water partition coefficient (Wildman–Crippen LogP) is 2.95. The van der Waals surface area contributed by atoms with E-state index in [1.165, 1.54) is 36.3 Å². The Labute approximate surface area is 155 Å². The molecule has 0 spiro atoms. The maximum absolute atomic E-state index is 13.1. The minimum atomic E-state index is -0.182. The van der Waals surface area contributed by atoms with E-state index < -0.39 is 0 Å². The summed E-state index contributed by atoms with van der Waals surface area (Å²) >= 11 is 2.04. The van der Waals surface area contributed by atoms with Crippen molar-refractivity contribution >= 4 is 23.4 Å². The van der Waals surface area contributed by atoms with Gasteiger partial charge >= 0.3 is 0 Å². The van der Waals surface area contributed by atoms with E-state index in [1.54, 1.807) is 0 Å². The molecule has 2 aliphatic heterocycles. The van der Waals surface area contributed by atoms with Crippen molar-refractivity contribution in [2.45, 2.75) is 32.2 Å². The summed E-state index contributed by atoms with van der Waals surface area (Å²) in [5, 5.41) is 6.72. The van der Waals surface area contributed by atoms with Crippen LogP contribution in [0.3, 0.4) is 0 Å². The molecular weight excluding hydrogens is 330 g/mol. The topological polar surface area (TPSA) is 44.4 Å². The Kier molecular flexibility index (Phi) is 5.34. The second kappa shape index (κ2) is 7.68. The molecule has 1 aromatic rings. The number of benzene rings is 1. The lowest BCUT2D eigenvalue weighted by Gasteiger charge is -2.37. The van der Waals surface area contributed by atoms with Crippen molar-refractivity contribution < 1.29 is 4.79 Å². The quantitative estimate of drug-likeness (QED) is 0.868. The van der Waals surface area contributed by atoms with Crippen LogP contribution >= 0.6 is 11.8 Å². The molecule has 2 atom stereocenters. The minimum Gasteiger partial charge on any atom is -0.326 e. The summed E-state index contributed by atoms with van der Waals surface area (Å²) in [5.74, 6) is 3.20. The van der Waals surface area contributed by atoms with Crippen LogP contribution < -0.4 is 10.6 Å². The number of thioether (sulfide) groups is 1. The molecule has 0 bridgehead atoms. The predicted molar refractivity (Wildman–Crippen MR) is 105 cm³/mol. The molecule has 2 N–H and O–H groups in total. The van der Waals surface area contributed by atoms with Crippen molar-refractivity contribution in [1.29, 1.82) is 0 Å². The fourth-order valence-electron chi connectivity index (χ4n) is 4.71. The molecule has 3 aliphatic rings. The van der Waals surface area contributed by atoms with Crippen molar-refractivity contribution in [3.63, 3.8) is 0 Å². The fourth-order valence-corrected chi connectivity index (χ4v) is 5.69. The number of hydrogen-bond acceptors (Lipinski definition) is 4. The summed E-state index contributed by atoms with van der Waals surface area (Å²) in [4.78, 5) is 15.6. The average molecular weight is 360 g/mol. The van der Waals surface area contributed by atoms with Gasteiger partial charge in [0.1, 0.15) is 0 Å². The van der Waals surface area contributed by atoms with Crippen LogP contribution in [0.5, 0.6) is 0 Å². The molecule has 1 aromatic carbocycles. The second-order valence-electron chi connectivity index (χ2n) is 7.77. The lowest BCUT2D eigenvalue weighted by molar-refractivity contribution is -0.128. The highest BCUT2D eigenvalue weighted by Crippen LogP contribution is 2.44. The zero-order valence-corrected chi connectivity index (χ0v) is 15.7. The standard InChI is InChI=1S/C20H29N3OS/c24-19(20-7-2-1-5-17(20)13-21-15-20)22-18-6-3-4-16(12-18)14-23-8-10-25-11-9-23/h3-4,6,12,17,21H,1-2,5,7-11,13-15H2,(H,22,24)/t17-,20+/m0/s1. The monoisotopic (exact) mass is 359 g/mol. The number of carbonyl (C=O) groups excluding carboxylic acids is 1. The molecule has 2 heterocycles. The minimum absolute atomic E-state index is 0.182. The molecule has 0 radical (unpaired) electrons. The van der Waals surface area contributed by atoms with Crippen molar-refractivity contribution in [3.05, 3.63) is 29.8 Å². The summed E-state index contributed by atoms with van der Waals surface area (Å²) in [6.45, 7) is 5.16. The summed E-state index contributed by atoms with van der Waals surface area (Å²) in [7, 11) is 0. The van der Waals surface area contributed by atoms with Crippen molar-refractivity contribution in [2.24, 2.45) is 11.3 Å². The molecule has 3 fully saturated rings. The lowest BCUT2D eigenvalue weighted by Crippen LogP contribution is -2.44. The smallest absolute Gasteiger partial charge is 0.232 e. The molecule has 1 saturated carbocycles. The van der Waals surface area contributed by atoms with Gasteiger partial charge in [-0.3, -0.25) is 9.69 Å². The summed E-state index contributed by atoms with van der Waals surface area (Å²) in [6, 6.07) is 8.45. The van der Waals surface area contributed by atoms with Crippen LogP contribution in [0.2, 0.25) is 0 Å². The maximum Gasteiger partial charge on any atom is 0.232 e. The molecule has 1 aliphatic carbocycles. The van der Waals surface area contributed by atoms with E-state index in [1.807, 2.05) is 17.8 Å². The van der Waals surface area contributed by atoms with Gasteiger partial charge < -0.3 is 10.6 Å². The first-order valence-corrected chi connectivity index (χ1v) is 10.8. The lowest BCUT2D eigenvalue weighted by atomic mass is 9.67. The largest absolute Gasteiger partial charge is 0.326 e. The van der Waals surface area contributed by atoms with E-state index in [4.69, 9.17) is 0 Å². The third kappa shape index (κ3) is 3.74. The van der Waals surface area contributed by atoms with Gasteiger partial charge in [0.15, 0.2) is 0 Å². The molecule has 0 aromatic heterocycles. The van der Waals surface area contributed by atoms with E-state index in [9.17, 15) is 4.79 Å². The van der Waals surface area contributed by atoms with Gasteiger partial charge in [-0.15, -0.1) is 0 Å². The molecule has 2 saturated heterocycles. The highest BCUT2D eigenvalue weighted by Gasteiger charge is 2.49. The number of hydrogen-bond donors (Lipinski definition) is 2. The Morgan fingerprint density at radius 3 is 3.08 bits per heavy atom. The number of nitrogens with one attached hydrogen (secondary N) is 2. The third-order valence-corrected chi connectivity index (χ3v) is 7.13. The molecule has 136 valence electrons.